The van der Waals surface area contributed by atoms with Gasteiger partial charge in [0.15, 0.2) is 5.54 Å². The normalized spacial score (nSPS) is 21.5. The van der Waals surface area contributed by atoms with Gasteiger partial charge in [0.05, 0.1) is 5.69 Å². The van der Waals surface area contributed by atoms with Crippen molar-refractivity contribution in [3.63, 3.8) is 0 Å². The number of hydrogen-bond acceptors (Lipinski definition) is 2. The third kappa shape index (κ3) is 1.96. The lowest BCUT2D eigenvalue weighted by atomic mass is 9.82. The predicted molar refractivity (Wildman–Crippen MR) is 108 cm³/mol. The Morgan fingerprint density at radius 1 is 1.23 bits per heavy atom. The minimum absolute atomic E-state index is 0.125. The van der Waals surface area contributed by atoms with Crippen molar-refractivity contribution in [2.24, 2.45) is 0 Å². The van der Waals surface area contributed by atoms with Crippen molar-refractivity contribution in [3.8, 4) is 0 Å². The molecule has 5 heteroatoms. The summed E-state index contributed by atoms with van der Waals surface area (Å²) in [6.07, 6.45) is 1.85. The Hall–Kier alpha value is -2.11. The number of fused-ring (bicyclic) bond motifs is 6. The van der Waals surface area contributed by atoms with Crippen LogP contribution < -0.4 is 10.2 Å². The number of aromatic amines is 1. The van der Waals surface area contributed by atoms with Crippen LogP contribution in [0.15, 0.2) is 46.9 Å². The summed E-state index contributed by atoms with van der Waals surface area (Å²) < 4.78 is 0.992. The lowest BCUT2D eigenvalue weighted by molar-refractivity contribution is -0.123. The first-order valence-corrected chi connectivity index (χ1v) is 9.93. The van der Waals surface area contributed by atoms with Gasteiger partial charge < -0.3 is 9.88 Å². The molecule has 1 atom stereocenters. The lowest BCUT2D eigenvalue weighted by Gasteiger charge is -2.34. The van der Waals surface area contributed by atoms with E-state index in [-0.39, 0.29) is 5.91 Å². The van der Waals surface area contributed by atoms with E-state index >= 15 is 0 Å². The number of carbonyl (C=O) groups is 1. The molecule has 3 aromatic rings. The highest BCUT2D eigenvalue weighted by Gasteiger charge is 2.55. The first-order chi connectivity index (χ1) is 12.7. The van der Waals surface area contributed by atoms with Gasteiger partial charge in [0.2, 0.25) is 0 Å². The summed E-state index contributed by atoms with van der Waals surface area (Å²) in [4.78, 5) is 19.2. The smallest absolute Gasteiger partial charge is 0.258 e. The van der Waals surface area contributed by atoms with E-state index in [4.69, 9.17) is 0 Å². The van der Waals surface area contributed by atoms with E-state index in [0.29, 0.717) is 0 Å². The fraction of sp³-hybridized carbons (Fsp3) is 0.286. The van der Waals surface area contributed by atoms with Gasteiger partial charge in [-0.05, 0) is 42.7 Å². The first-order valence-electron chi connectivity index (χ1n) is 9.14. The molecule has 132 valence electrons. The second kappa shape index (κ2) is 5.69. The molecular weight excluding hydrogens is 390 g/mol. The quantitative estimate of drug-likeness (QED) is 0.669. The molecule has 1 amide bonds. The maximum Gasteiger partial charge on any atom is 0.258 e. The van der Waals surface area contributed by atoms with Crippen LogP contribution >= 0.6 is 15.9 Å². The van der Waals surface area contributed by atoms with E-state index in [0.717, 1.165) is 52.9 Å². The number of halogens is 1. The Morgan fingerprint density at radius 3 is 2.92 bits per heavy atom. The summed E-state index contributed by atoms with van der Waals surface area (Å²) in [5.74, 6) is 0.125. The molecule has 0 aliphatic carbocycles. The highest BCUT2D eigenvalue weighted by Crippen LogP contribution is 2.48. The van der Waals surface area contributed by atoms with E-state index in [1.54, 1.807) is 0 Å². The van der Waals surface area contributed by atoms with Crippen LogP contribution in [-0.4, -0.2) is 24.0 Å². The minimum atomic E-state index is -0.819. The van der Waals surface area contributed by atoms with Gasteiger partial charge in [0, 0.05) is 39.7 Å². The van der Waals surface area contributed by atoms with Gasteiger partial charge in [0.25, 0.3) is 5.91 Å². The lowest BCUT2D eigenvalue weighted by Crippen LogP contribution is -2.55. The summed E-state index contributed by atoms with van der Waals surface area (Å²) in [5.41, 5.74) is 4.60. The van der Waals surface area contributed by atoms with Crippen LogP contribution in [0.1, 0.15) is 30.2 Å². The molecule has 5 rings (SSSR count). The van der Waals surface area contributed by atoms with Crippen molar-refractivity contribution in [2.45, 2.75) is 25.3 Å². The van der Waals surface area contributed by atoms with Gasteiger partial charge in [0.1, 0.15) is 0 Å². The van der Waals surface area contributed by atoms with Crippen LogP contribution in [0.5, 0.6) is 0 Å². The third-order valence-electron chi connectivity index (χ3n) is 5.62. The minimum Gasteiger partial charge on any atom is -0.356 e. The monoisotopic (exact) mass is 409 g/mol. The van der Waals surface area contributed by atoms with Gasteiger partial charge in [-0.2, -0.15) is 0 Å². The van der Waals surface area contributed by atoms with E-state index in [9.17, 15) is 4.79 Å². The van der Waals surface area contributed by atoms with Crippen LogP contribution in [0.3, 0.4) is 0 Å². The Balaban J connectivity index is 1.83. The number of anilines is 1. The average Bonchev–Trinajstić information content (AvgIpc) is 3.14. The third-order valence-corrected chi connectivity index (χ3v) is 6.11. The van der Waals surface area contributed by atoms with Crippen LogP contribution in [0.25, 0.3) is 10.9 Å². The Kier molecular flexibility index (Phi) is 3.52. The number of nitrogens with zero attached hydrogens (tertiary/aromatic N) is 1. The second-order valence-corrected chi connectivity index (χ2v) is 7.98. The molecule has 26 heavy (non-hydrogen) atoms. The summed E-state index contributed by atoms with van der Waals surface area (Å²) in [6, 6.07) is 14.5. The fourth-order valence-corrected chi connectivity index (χ4v) is 4.93. The van der Waals surface area contributed by atoms with Gasteiger partial charge in [-0.15, -0.1) is 0 Å². The summed E-state index contributed by atoms with van der Waals surface area (Å²) in [6.45, 7) is 3.62. The SMILES string of the molecule is CCCN1C(=O)[C@@]2(NCCc3c2[nH]c2ccccc32)c2cc(Br)ccc21. The fourth-order valence-electron chi connectivity index (χ4n) is 4.57. The Bertz CT molecular complexity index is 1040. The molecule has 0 bridgehead atoms. The zero-order valence-corrected chi connectivity index (χ0v) is 16.2. The predicted octanol–water partition coefficient (Wildman–Crippen LogP) is 4.08. The van der Waals surface area contributed by atoms with Crippen LogP contribution in [0.4, 0.5) is 5.69 Å². The average molecular weight is 410 g/mol. The molecule has 2 N–H and O–H groups in total. The van der Waals surface area contributed by atoms with Gasteiger partial charge in [-0.3, -0.25) is 10.1 Å². The number of para-hydroxylation sites is 1. The van der Waals surface area contributed by atoms with Gasteiger partial charge >= 0.3 is 0 Å². The molecule has 3 heterocycles. The van der Waals surface area contributed by atoms with Crippen LogP contribution in [0.2, 0.25) is 0 Å². The second-order valence-electron chi connectivity index (χ2n) is 7.07. The molecule has 0 radical (unpaired) electrons. The molecule has 1 spiro atoms. The van der Waals surface area contributed by atoms with E-state index in [1.807, 2.05) is 17.0 Å². The van der Waals surface area contributed by atoms with Crippen molar-refractivity contribution in [1.82, 2.24) is 10.3 Å². The zero-order chi connectivity index (χ0) is 17.9. The topological polar surface area (TPSA) is 48.1 Å². The van der Waals surface area contributed by atoms with E-state index < -0.39 is 5.54 Å². The Morgan fingerprint density at radius 2 is 2.08 bits per heavy atom. The first kappa shape index (κ1) is 16.1. The molecule has 2 aliphatic heterocycles. The van der Waals surface area contributed by atoms with Crippen LogP contribution in [0, 0.1) is 0 Å². The zero-order valence-electron chi connectivity index (χ0n) is 14.6. The summed E-state index contributed by atoms with van der Waals surface area (Å²) in [5, 5.41) is 4.81. The molecule has 0 fully saturated rings. The maximum absolute atomic E-state index is 13.7. The van der Waals surface area contributed by atoms with Crippen molar-refractivity contribution >= 4 is 38.4 Å². The number of amides is 1. The van der Waals surface area contributed by atoms with E-state index in [1.165, 1.54) is 10.9 Å². The molecule has 1 aromatic heterocycles. The number of benzene rings is 2. The van der Waals surface area contributed by atoms with Crippen molar-refractivity contribution < 1.29 is 4.79 Å². The molecule has 2 aromatic carbocycles. The number of nitrogens with one attached hydrogen (secondary N) is 2. The number of hydrogen-bond donors (Lipinski definition) is 2. The van der Waals surface area contributed by atoms with Crippen molar-refractivity contribution in [3.05, 3.63) is 63.8 Å². The molecule has 2 aliphatic rings. The van der Waals surface area contributed by atoms with Crippen molar-refractivity contribution in [1.29, 1.82) is 0 Å². The van der Waals surface area contributed by atoms with Gasteiger partial charge in [-0.25, -0.2) is 0 Å². The molecule has 0 saturated carbocycles. The number of aromatic nitrogens is 1. The highest BCUT2D eigenvalue weighted by atomic mass is 79.9. The van der Waals surface area contributed by atoms with Crippen molar-refractivity contribution in [2.75, 3.05) is 18.0 Å². The molecule has 0 saturated heterocycles. The summed E-state index contributed by atoms with van der Waals surface area (Å²) in [7, 11) is 0. The molecule has 4 nitrogen and oxygen atoms in total. The standard InChI is InChI=1S/C21H20BrN3O/c1-2-11-25-18-8-7-13(22)12-16(18)21(20(25)26)19-15(9-10-23-21)14-5-3-4-6-17(14)24-19/h3-8,12,23-24H,2,9-11H2,1H3/t21-/m1/s1. The molecule has 0 unspecified atom stereocenters. The number of rotatable bonds is 2. The van der Waals surface area contributed by atoms with Gasteiger partial charge in [-0.1, -0.05) is 41.1 Å². The maximum atomic E-state index is 13.7. The Labute approximate surface area is 160 Å². The summed E-state index contributed by atoms with van der Waals surface area (Å²) >= 11 is 3.60. The van der Waals surface area contributed by atoms with E-state index in [2.05, 4.69) is 63.5 Å². The number of carbonyl (C=O) groups excluding carboxylic acids is 1. The largest absolute Gasteiger partial charge is 0.356 e. The highest BCUT2D eigenvalue weighted by molar-refractivity contribution is 9.10. The molecular formula is C21H20BrN3O. The number of H-pyrrole nitrogens is 1. The van der Waals surface area contributed by atoms with Crippen LogP contribution in [-0.2, 0) is 16.8 Å².